The van der Waals surface area contributed by atoms with Crippen LogP contribution in [0.3, 0.4) is 0 Å². The maximum Gasteiger partial charge on any atom is 0.472 e. The predicted molar refractivity (Wildman–Crippen MR) is 337 cm³/mol. The first-order chi connectivity index (χ1) is 37.9. The monoisotopic (exact) mass is 1120 g/mol. The molecule has 0 radical (unpaired) electrons. The number of carbonyl (C=O) groups excluding carboxylic acids is 2. The lowest BCUT2D eigenvalue weighted by atomic mass is 10.0. The Bertz CT molecular complexity index is 1520. The molecule has 0 heterocycles. The van der Waals surface area contributed by atoms with Crippen LogP contribution in [-0.2, 0) is 27.9 Å². The zero-order valence-corrected chi connectivity index (χ0v) is 53.1. The Morgan fingerprint density at radius 1 is 0.449 bits per heavy atom. The molecule has 0 rings (SSSR count). The number of phosphoric ester groups is 1. The second-order valence-corrected chi connectivity index (χ2v) is 25.1. The van der Waals surface area contributed by atoms with Gasteiger partial charge >= 0.3 is 13.8 Å². The molecule has 0 aromatic rings. The van der Waals surface area contributed by atoms with Gasteiger partial charge in [0.1, 0.15) is 19.3 Å². The van der Waals surface area contributed by atoms with E-state index in [2.05, 4.69) is 74.7 Å². The van der Waals surface area contributed by atoms with Gasteiger partial charge in [-0.25, -0.2) is 4.57 Å². The van der Waals surface area contributed by atoms with Crippen molar-refractivity contribution in [1.82, 2.24) is 5.32 Å². The number of rotatable bonds is 60. The topological polar surface area (TPSA) is 111 Å². The fourth-order valence-corrected chi connectivity index (χ4v) is 10.3. The Morgan fingerprint density at radius 2 is 0.795 bits per heavy atom. The van der Waals surface area contributed by atoms with E-state index in [1.54, 1.807) is 0 Å². The van der Waals surface area contributed by atoms with E-state index in [0.717, 1.165) is 64.2 Å². The number of phosphoric acid groups is 1. The zero-order chi connectivity index (χ0) is 57.2. The van der Waals surface area contributed by atoms with Gasteiger partial charge in [0.15, 0.2) is 0 Å². The molecule has 0 aromatic heterocycles. The number of nitrogens with one attached hydrogen (secondary N) is 1. The van der Waals surface area contributed by atoms with E-state index in [4.69, 9.17) is 13.8 Å². The fraction of sp³-hybridized carbons (Fsp3) is 0.824. The Labute approximate surface area is 483 Å². The van der Waals surface area contributed by atoms with E-state index < -0.39 is 20.0 Å². The molecule has 0 fully saturated rings. The van der Waals surface area contributed by atoms with E-state index in [9.17, 15) is 19.0 Å². The standard InChI is InChI=1S/C68H127N2O7P/c1-7-10-13-16-19-22-25-28-30-32-33-34-35-36-37-39-40-42-45-48-51-54-57-60-67(71)69-65(64-76-78(73,74)75-63-62-70(4,5)6)66(59-56-53-50-47-44-27-24-21-18-15-12-9-3)77-68(72)61-58-55-52-49-46-43-41-38-31-29-26-23-20-17-14-11-8-2/h20,23,29,31,41,43,49,52,56,59,65-66H,7-19,21-22,24-28,30,32-40,42,44-48,50-51,53-55,57-58,60-64H2,1-6H3,(H-,69,71,73,74)/p+1/b23-20-,31-29-,43-41-,52-49-,59-56+. The normalized spacial score (nSPS) is 14.0. The van der Waals surface area contributed by atoms with Crippen LogP contribution in [0.4, 0.5) is 0 Å². The number of allylic oxidation sites excluding steroid dienone is 9. The number of unbranched alkanes of at least 4 members (excludes halogenated alkanes) is 36. The lowest BCUT2D eigenvalue weighted by Crippen LogP contribution is -2.47. The number of hydrogen-bond acceptors (Lipinski definition) is 6. The largest absolute Gasteiger partial charge is 0.472 e. The molecule has 0 aliphatic carbocycles. The van der Waals surface area contributed by atoms with Crippen molar-refractivity contribution >= 4 is 19.7 Å². The van der Waals surface area contributed by atoms with E-state index in [1.807, 2.05) is 33.3 Å². The van der Waals surface area contributed by atoms with Gasteiger partial charge in [0.05, 0.1) is 33.8 Å². The summed E-state index contributed by atoms with van der Waals surface area (Å²) < 4.78 is 30.7. The van der Waals surface area contributed by atoms with E-state index in [-0.39, 0.29) is 31.5 Å². The number of nitrogens with zero attached hydrogens (tertiary/aromatic N) is 1. The van der Waals surface area contributed by atoms with Crippen LogP contribution in [0.15, 0.2) is 60.8 Å². The summed E-state index contributed by atoms with van der Waals surface area (Å²) in [6, 6.07) is -0.869. The molecule has 0 spiro atoms. The van der Waals surface area contributed by atoms with Gasteiger partial charge in [-0.05, 0) is 70.3 Å². The molecule has 456 valence electrons. The molecular weight excluding hydrogens is 988 g/mol. The molecule has 78 heavy (non-hydrogen) atoms. The summed E-state index contributed by atoms with van der Waals surface area (Å²) in [5.74, 6) is -0.560. The number of likely N-dealkylation sites (N-methyl/N-ethyl adjacent to an activating group) is 1. The molecule has 3 atom stereocenters. The molecule has 0 aliphatic rings. The first-order valence-electron chi connectivity index (χ1n) is 33.1. The van der Waals surface area contributed by atoms with E-state index in [0.29, 0.717) is 23.9 Å². The fourth-order valence-electron chi connectivity index (χ4n) is 9.58. The van der Waals surface area contributed by atoms with Crippen LogP contribution in [0.1, 0.15) is 310 Å². The van der Waals surface area contributed by atoms with Crippen molar-refractivity contribution in [3.8, 4) is 0 Å². The number of amides is 1. The van der Waals surface area contributed by atoms with Crippen LogP contribution in [0.2, 0.25) is 0 Å². The van der Waals surface area contributed by atoms with E-state index >= 15 is 0 Å². The summed E-state index contributed by atoms with van der Waals surface area (Å²) in [6.07, 6.45) is 73.8. The molecule has 10 heteroatoms. The summed E-state index contributed by atoms with van der Waals surface area (Å²) in [6.45, 7) is 6.98. The molecule has 3 unspecified atom stereocenters. The maximum absolute atomic E-state index is 13.6. The summed E-state index contributed by atoms with van der Waals surface area (Å²) >= 11 is 0. The third kappa shape index (κ3) is 58.4. The van der Waals surface area contributed by atoms with Gasteiger partial charge in [0, 0.05) is 12.8 Å². The van der Waals surface area contributed by atoms with Crippen LogP contribution < -0.4 is 5.32 Å². The first-order valence-corrected chi connectivity index (χ1v) is 34.6. The van der Waals surface area contributed by atoms with Crippen molar-refractivity contribution in [2.75, 3.05) is 40.9 Å². The van der Waals surface area contributed by atoms with Crippen LogP contribution in [0.5, 0.6) is 0 Å². The minimum absolute atomic E-state index is 0.0322. The Kier molecular flexibility index (Phi) is 56.2. The molecule has 0 saturated carbocycles. The average molecular weight is 1120 g/mol. The summed E-state index contributed by atoms with van der Waals surface area (Å²) in [7, 11) is 1.47. The Morgan fingerprint density at radius 3 is 1.22 bits per heavy atom. The number of ether oxygens (including phenoxy) is 1. The average Bonchev–Trinajstić information content (AvgIpc) is 3.40. The lowest BCUT2D eigenvalue weighted by Gasteiger charge is -2.27. The van der Waals surface area contributed by atoms with Crippen LogP contribution in [0.25, 0.3) is 0 Å². The maximum atomic E-state index is 13.6. The number of carbonyl (C=O) groups is 2. The highest BCUT2D eigenvalue weighted by Gasteiger charge is 2.30. The van der Waals surface area contributed by atoms with Crippen molar-refractivity contribution in [2.45, 2.75) is 322 Å². The zero-order valence-electron chi connectivity index (χ0n) is 52.2. The quantitative estimate of drug-likeness (QED) is 0.0205. The second kappa shape index (κ2) is 57.9. The van der Waals surface area contributed by atoms with Gasteiger partial charge in [-0.15, -0.1) is 0 Å². The molecule has 0 aliphatic heterocycles. The Balaban J connectivity index is 5.19. The molecule has 2 N–H and O–H groups in total. The molecule has 1 amide bonds. The highest BCUT2D eigenvalue weighted by atomic mass is 31.2. The number of esters is 1. The van der Waals surface area contributed by atoms with Gasteiger partial charge in [-0.2, -0.15) is 0 Å². The summed E-state index contributed by atoms with van der Waals surface area (Å²) in [5, 5.41) is 3.05. The smallest absolute Gasteiger partial charge is 0.456 e. The first kappa shape index (κ1) is 75.7. The van der Waals surface area contributed by atoms with Gasteiger partial charge in [-0.1, -0.05) is 287 Å². The van der Waals surface area contributed by atoms with Crippen LogP contribution in [0, 0.1) is 0 Å². The van der Waals surface area contributed by atoms with Gasteiger partial charge in [0.25, 0.3) is 0 Å². The van der Waals surface area contributed by atoms with Gasteiger partial charge < -0.3 is 19.4 Å². The number of quaternary nitrogens is 1. The minimum atomic E-state index is -4.46. The third-order valence-electron chi connectivity index (χ3n) is 14.7. The van der Waals surface area contributed by atoms with Crippen molar-refractivity contribution in [3.63, 3.8) is 0 Å². The van der Waals surface area contributed by atoms with Crippen molar-refractivity contribution in [3.05, 3.63) is 60.8 Å². The predicted octanol–water partition coefficient (Wildman–Crippen LogP) is 20.6. The number of hydrogen-bond donors (Lipinski definition) is 2. The van der Waals surface area contributed by atoms with Crippen LogP contribution in [-0.4, -0.2) is 74.3 Å². The lowest BCUT2D eigenvalue weighted by molar-refractivity contribution is -0.870. The molecule has 0 bridgehead atoms. The van der Waals surface area contributed by atoms with Crippen molar-refractivity contribution in [2.24, 2.45) is 0 Å². The van der Waals surface area contributed by atoms with E-state index in [1.165, 1.54) is 205 Å². The molecular formula is C68H128N2O7P+. The highest BCUT2D eigenvalue weighted by Crippen LogP contribution is 2.43. The molecule has 9 nitrogen and oxygen atoms in total. The molecule has 0 saturated heterocycles. The highest BCUT2D eigenvalue weighted by molar-refractivity contribution is 7.47. The molecule has 0 aromatic carbocycles. The van der Waals surface area contributed by atoms with Crippen LogP contribution >= 0.6 is 7.82 Å². The van der Waals surface area contributed by atoms with Gasteiger partial charge in [0.2, 0.25) is 5.91 Å². The second-order valence-electron chi connectivity index (χ2n) is 23.6. The SMILES string of the molecule is CCCCC/C=C\C/C=C\C/C=C\C/C=C\CCCC(=O)OC(/C=C/CCCCCCCCCCCC)C(COP(=O)(O)OCC[N+](C)(C)C)NC(=O)CCCCCCCCCCCCCCCCCCCCCCCCC. The third-order valence-corrected chi connectivity index (χ3v) is 15.7. The van der Waals surface area contributed by atoms with Crippen molar-refractivity contribution < 1.29 is 37.3 Å². The summed E-state index contributed by atoms with van der Waals surface area (Å²) in [5.41, 5.74) is 0. The minimum Gasteiger partial charge on any atom is -0.456 e. The van der Waals surface area contributed by atoms with Gasteiger partial charge in [-0.3, -0.25) is 18.6 Å². The van der Waals surface area contributed by atoms with Crippen molar-refractivity contribution in [1.29, 1.82) is 0 Å². The Hall–Kier alpha value is -2.29. The summed E-state index contributed by atoms with van der Waals surface area (Å²) in [4.78, 5) is 37.7.